The van der Waals surface area contributed by atoms with Crippen LogP contribution in [-0.2, 0) is 14.8 Å². The summed E-state index contributed by atoms with van der Waals surface area (Å²) in [6, 6.07) is 6.01. The number of carbonyl (C=O) groups is 1. The Morgan fingerprint density at radius 3 is 2.29 bits per heavy atom. The minimum absolute atomic E-state index is 0.00149. The number of hydrogen-bond donors (Lipinski definition) is 1. The molecule has 0 unspecified atom stereocenters. The van der Waals surface area contributed by atoms with Crippen LogP contribution in [0.25, 0.3) is 0 Å². The summed E-state index contributed by atoms with van der Waals surface area (Å²) in [6.07, 6.45) is 3.51. The van der Waals surface area contributed by atoms with Gasteiger partial charge in [0.05, 0.1) is 4.90 Å². The van der Waals surface area contributed by atoms with Crippen LogP contribution < -0.4 is 5.32 Å². The summed E-state index contributed by atoms with van der Waals surface area (Å²) in [6.45, 7) is 0. The summed E-state index contributed by atoms with van der Waals surface area (Å²) in [4.78, 5) is 11.9. The van der Waals surface area contributed by atoms with Gasteiger partial charge in [-0.25, -0.2) is 17.5 Å². The van der Waals surface area contributed by atoms with Crippen molar-refractivity contribution in [1.82, 2.24) is 4.31 Å². The monoisotopic (exact) mass is 312 g/mol. The van der Waals surface area contributed by atoms with Crippen molar-refractivity contribution in [3.05, 3.63) is 24.3 Å². The second kappa shape index (κ2) is 6.44. The Morgan fingerprint density at radius 1 is 1.19 bits per heavy atom. The van der Waals surface area contributed by atoms with Gasteiger partial charge in [0, 0.05) is 19.8 Å². The molecule has 0 heterocycles. The zero-order valence-corrected chi connectivity index (χ0v) is 13.0. The molecule has 7 heteroatoms. The number of benzene rings is 1. The molecule has 0 aliphatic heterocycles. The Morgan fingerprint density at radius 2 is 1.76 bits per heavy atom. The largest absolute Gasteiger partial charge is 0.446 e. The Balaban J connectivity index is 1.97. The number of amides is 1. The molecule has 0 atom stereocenters. The summed E-state index contributed by atoms with van der Waals surface area (Å²) in [5.41, 5.74) is 0.510. The predicted octanol–water partition coefficient (Wildman–Crippen LogP) is 2.43. The lowest BCUT2D eigenvalue weighted by Gasteiger charge is -2.13. The summed E-state index contributed by atoms with van der Waals surface area (Å²) in [7, 11) is -0.506. The number of nitrogens with zero attached hydrogens (tertiary/aromatic N) is 1. The van der Waals surface area contributed by atoms with E-state index in [0.29, 0.717) is 5.69 Å². The fourth-order valence-corrected chi connectivity index (χ4v) is 3.13. The number of anilines is 1. The molecule has 1 aromatic carbocycles. The molecule has 1 aliphatic carbocycles. The van der Waals surface area contributed by atoms with Gasteiger partial charge in [0.15, 0.2) is 0 Å². The molecular formula is C14H20N2O4S. The molecule has 1 N–H and O–H groups in total. The van der Waals surface area contributed by atoms with Crippen molar-refractivity contribution in [3.8, 4) is 0 Å². The van der Waals surface area contributed by atoms with Gasteiger partial charge in [0.2, 0.25) is 10.0 Å². The summed E-state index contributed by atoms with van der Waals surface area (Å²) in [5.74, 6) is 0. The molecule has 1 aliphatic rings. The van der Waals surface area contributed by atoms with Crippen LogP contribution in [0, 0.1) is 0 Å². The molecule has 21 heavy (non-hydrogen) atoms. The van der Waals surface area contributed by atoms with Gasteiger partial charge >= 0.3 is 6.09 Å². The van der Waals surface area contributed by atoms with Crippen molar-refractivity contribution in [3.63, 3.8) is 0 Å². The third kappa shape index (κ3) is 3.95. The van der Waals surface area contributed by atoms with Crippen LogP contribution in [0.3, 0.4) is 0 Å². The minimum atomic E-state index is -3.45. The average Bonchev–Trinajstić information content (AvgIpc) is 2.91. The van der Waals surface area contributed by atoms with E-state index in [1.54, 1.807) is 12.1 Å². The molecule has 0 bridgehead atoms. The second-order valence-electron chi connectivity index (χ2n) is 5.25. The van der Waals surface area contributed by atoms with E-state index in [0.717, 1.165) is 30.0 Å². The average molecular weight is 312 g/mol. The lowest BCUT2D eigenvalue weighted by atomic mass is 10.3. The van der Waals surface area contributed by atoms with Crippen molar-refractivity contribution in [1.29, 1.82) is 0 Å². The smallest absolute Gasteiger partial charge is 0.411 e. The maximum absolute atomic E-state index is 11.9. The van der Waals surface area contributed by atoms with Gasteiger partial charge in [-0.1, -0.05) is 0 Å². The number of nitrogens with one attached hydrogen (secondary N) is 1. The molecule has 6 nitrogen and oxygen atoms in total. The number of hydrogen-bond acceptors (Lipinski definition) is 4. The zero-order chi connectivity index (χ0) is 15.5. The highest BCUT2D eigenvalue weighted by atomic mass is 32.2. The zero-order valence-electron chi connectivity index (χ0n) is 12.2. The van der Waals surface area contributed by atoms with Crippen LogP contribution in [-0.4, -0.2) is 39.0 Å². The molecule has 1 saturated carbocycles. The van der Waals surface area contributed by atoms with Gasteiger partial charge in [-0.05, 0) is 49.9 Å². The molecule has 1 aromatic rings. The van der Waals surface area contributed by atoms with Crippen LogP contribution in [0.2, 0.25) is 0 Å². The number of rotatable bonds is 4. The second-order valence-corrected chi connectivity index (χ2v) is 7.40. The molecule has 0 saturated heterocycles. The van der Waals surface area contributed by atoms with Crippen molar-refractivity contribution in [2.75, 3.05) is 19.4 Å². The molecule has 0 aromatic heterocycles. The van der Waals surface area contributed by atoms with Crippen LogP contribution in [0.1, 0.15) is 25.7 Å². The third-order valence-electron chi connectivity index (χ3n) is 3.46. The first-order chi connectivity index (χ1) is 9.89. The highest BCUT2D eigenvalue weighted by Gasteiger charge is 2.20. The minimum Gasteiger partial charge on any atom is -0.446 e. The van der Waals surface area contributed by atoms with Crippen molar-refractivity contribution in [2.24, 2.45) is 0 Å². The van der Waals surface area contributed by atoms with Crippen LogP contribution in [0.4, 0.5) is 10.5 Å². The lowest BCUT2D eigenvalue weighted by molar-refractivity contribution is 0.114. The molecule has 116 valence electrons. The maximum atomic E-state index is 11.9. The van der Waals surface area contributed by atoms with E-state index in [-0.39, 0.29) is 11.0 Å². The number of sulfonamides is 1. The first-order valence-corrected chi connectivity index (χ1v) is 8.34. The fourth-order valence-electron chi connectivity index (χ4n) is 2.23. The Kier molecular flexibility index (Phi) is 4.84. The number of carbonyl (C=O) groups excluding carboxylic acids is 1. The van der Waals surface area contributed by atoms with Crippen LogP contribution in [0.5, 0.6) is 0 Å². The quantitative estimate of drug-likeness (QED) is 0.926. The molecule has 2 rings (SSSR count). The summed E-state index contributed by atoms with van der Waals surface area (Å²) < 4.78 is 30.2. The predicted molar refractivity (Wildman–Crippen MR) is 79.7 cm³/mol. The van der Waals surface area contributed by atoms with Gasteiger partial charge < -0.3 is 4.74 Å². The van der Waals surface area contributed by atoms with Crippen molar-refractivity contribution in [2.45, 2.75) is 36.7 Å². The van der Waals surface area contributed by atoms with E-state index in [1.165, 1.54) is 26.2 Å². The van der Waals surface area contributed by atoms with Gasteiger partial charge in [0.1, 0.15) is 6.10 Å². The SMILES string of the molecule is CN(C)S(=O)(=O)c1ccc(NC(=O)OC2CCCC2)cc1. The number of ether oxygens (including phenoxy) is 1. The van der Waals surface area contributed by atoms with Crippen LogP contribution in [0.15, 0.2) is 29.2 Å². The van der Waals surface area contributed by atoms with Gasteiger partial charge in [0.25, 0.3) is 0 Å². The topological polar surface area (TPSA) is 75.7 Å². The van der Waals surface area contributed by atoms with Gasteiger partial charge in [-0.2, -0.15) is 0 Å². The summed E-state index contributed by atoms with van der Waals surface area (Å²) >= 11 is 0. The van der Waals surface area contributed by atoms with Crippen molar-refractivity contribution < 1.29 is 17.9 Å². The molecule has 1 fully saturated rings. The normalized spacial score (nSPS) is 16.1. The molecular weight excluding hydrogens is 292 g/mol. The molecule has 1 amide bonds. The van der Waals surface area contributed by atoms with Gasteiger partial charge in [-0.3, -0.25) is 5.32 Å². The molecule has 0 radical (unpaired) electrons. The highest BCUT2D eigenvalue weighted by Crippen LogP contribution is 2.22. The van der Waals surface area contributed by atoms with E-state index in [4.69, 9.17) is 4.74 Å². The van der Waals surface area contributed by atoms with Crippen molar-refractivity contribution >= 4 is 21.8 Å². The summed E-state index contributed by atoms with van der Waals surface area (Å²) in [5, 5.41) is 2.61. The van der Waals surface area contributed by atoms with E-state index >= 15 is 0 Å². The van der Waals surface area contributed by atoms with E-state index in [1.807, 2.05) is 0 Å². The Hall–Kier alpha value is -1.60. The van der Waals surface area contributed by atoms with E-state index in [2.05, 4.69) is 5.32 Å². The fraction of sp³-hybridized carbons (Fsp3) is 0.500. The highest BCUT2D eigenvalue weighted by molar-refractivity contribution is 7.89. The van der Waals surface area contributed by atoms with Gasteiger partial charge in [-0.15, -0.1) is 0 Å². The standard InChI is InChI=1S/C14H20N2O4S/c1-16(2)21(18,19)13-9-7-11(8-10-13)15-14(17)20-12-5-3-4-6-12/h7-10,12H,3-6H2,1-2H3,(H,15,17). The maximum Gasteiger partial charge on any atom is 0.411 e. The molecule has 0 spiro atoms. The van der Waals surface area contributed by atoms with E-state index in [9.17, 15) is 13.2 Å². The third-order valence-corrected chi connectivity index (χ3v) is 5.28. The Bertz CT molecular complexity index is 590. The first kappa shape index (κ1) is 15.8. The Labute approximate surface area is 125 Å². The first-order valence-electron chi connectivity index (χ1n) is 6.90. The van der Waals surface area contributed by atoms with E-state index < -0.39 is 16.1 Å². The van der Waals surface area contributed by atoms with Crippen LogP contribution >= 0.6 is 0 Å². The lowest BCUT2D eigenvalue weighted by Crippen LogP contribution is -2.22.